The zero-order valence-electron chi connectivity index (χ0n) is 9.13. The Kier molecular flexibility index (Phi) is 8.02. The van der Waals surface area contributed by atoms with Gasteiger partial charge in [0.1, 0.15) is 0 Å². The first-order chi connectivity index (χ1) is 6.84. The maximum Gasteiger partial charge on any atom is 2.00 e. The molecule has 0 bridgehead atoms. The summed E-state index contributed by atoms with van der Waals surface area (Å²) in [5.74, 6) is 0. The summed E-state index contributed by atoms with van der Waals surface area (Å²) in [7, 11) is 1.97. The molecule has 1 N–H and O–H groups in total. The summed E-state index contributed by atoms with van der Waals surface area (Å²) in [5, 5.41) is 3.17. The van der Waals surface area contributed by atoms with Gasteiger partial charge in [-0.25, -0.2) is 24.3 Å². The van der Waals surface area contributed by atoms with Gasteiger partial charge >= 0.3 is 17.1 Å². The van der Waals surface area contributed by atoms with Gasteiger partial charge in [0, 0.05) is 0 Å². The molecule has 2 heteroatoms. The van der Waals surface area contributed by atoms with Gasteiger partial charge in [-0.1, -0.05) is 6.92 Å². The van der Waals surface area contributed by atoms with E-state index in [1.165, 1.54) is 5.56 Å². The Morgan fingerprint density at radius 1 is 1.07 bits per heavy atom. The fourth-order valence-corrected chi connectivity index (χ4v) is 1.16. The molecule has 0 aliphatic rings. The fourth-order valence-electron chi connectivity index (χ4n) is 1.16. The van der Waals surface area contributed by atoms with Crippen LogP contribution in [0.2, 0.25) is 0 Å². The largest absolute Gasteiger partial charge is 2.00 e. The summed E-state index contributed by atoms with van der Waals surface area (Å²) in [6.07, 6.45) is 0. The van der Waals surface area contributed by atoms with E-state index in [0.29, 0.717) is 6.04 Å². The fraction of sp³-hybridized carbons (Fsp3) is 0.231. The third-order valence-corrected chi connectivity index (χ3v) is 2.18. The summed E-state index contributed by atoms with van der Waals surface area (Å²) in [4.78, 5) is 0. The quantitative estimate of drug-likeness (QED) is 0.631. The molecule has 2 rings (SSSR count). The molecule has 2 aromatic rings. The maximum atomic E-state index is 3.17. The molecule has 0 saturated heterocycles. The Morgan fingerprint density at radius 2 is 1.60 bits per heavy atom. The minimum Gasteiger partial charge on any atom is -0.324 e. The van der Waals surface area contributed by atoms with Gasteiger partial charge in [-0.15, -0.1) is 5.56 Å². The molecule has 0 spiro atoms. The molecule has 2 aromatic carbocycles. The van der Waals surface area contributed by atoms with Crippen molar-refractivity contribution in [3.63, 3.8) is 0 Å². The van der Waals surface area contributed by atoms with Crippen LogP contribution < -0.4 is 5.32 Å². The van der Waals surface area contributed by atoms with Crippen LogP contribution in [-0.2, 0) is 17.1 Å². The second kappa shape index (κ2) is 8.48. The van der Waals surface area contributed by atoms with Crippen molar-refractivity contribution < 1.29 is 17.1 Å². The molecule has 0 aliphatic carbocycles. The first-order valence-electron chi connectivity index (χ1n) is 4.90. The van der Waals surface area contributed by atoms with Crippen LogP contribution in [0.25, 0.3) is 0 Å². The summed E-state index contributed by atoms with van der Waals surface area (Å²) >= 11 is 0. The number of hydrogen-bond donors (Lipinski definition) is 1. The Balaban J connectivity index is 0.000000280. The predicted molar refractivity (Wildman–Crippen MR) is 61.5 cm³/mol. The molecule has 0 radical (unpaired) electrons. The normalized spacial score (nSPS) is 10.8. The Morgan fingerprint density at radius 3 is 1.93 bits per heavy atom. The van der Waals surface area contributed by atoms with E-state index < -0.39 is 0 Å². The van der Waals surface area contributed by atoms with Crippen LogP contribution in [0.4, 0.5) is 0 Å². The minimum atomic E-state index is 0. The molecule has 0 heterocycles. The van der Waals surface area contributed by atoms with Gasteiger partial charge < -0.3 is 5.32 Å². The summed E-state index contributed by atoms with van der Waals surface area (Å²) < 4.78 is 0. The first kappa shape index (κ1) is 14.2. The Hall–Kier alpha value is -0.821. The van der Waals surface area contributed by atoms with Crippen LogP contribution in [0.5, 0.6) is 0 Å². The van der Waals surface area contributed by atoms with Crippen molar-refractivity contribution in [1.82, 2.24) is 5.32 Å². The van der Waals surface area contributed by atoms with Crippen molar-refractivity contribution in [3.05, 3.63) is 60.2 Å². The van der Waals surface area contributed by atoms with Gasteiger partial charge in [-0.05, 0) is 13.1 Å². The summed E-state index contributed by atoms with van der Waals surface area (Å²) in [6.45, 7) is 2.15. The van der Waals surface area contributed by atoms with E-state index >= 15 is 0 Å². The van der Waals surface area contributed by atoms with Crippen molar-refractivity contribution >= 4 is 0 Å². The molecule has 0 amide bonds. The van der Waals surface area contributed by atoms with E-state index in [1.54, 1.807) is 0 Å². The smallest absolute Gasteiger partial charge is 0.324 e. The van der Waals surface area contributed by atoms with E-state index in [0.717, 1.165) is 0 Å². The molecular formula is C13H17FeN. The molecule has 82 valence electrons. The second-order valence-corrected chi connectivity index (χ2v) is 3.19. The topological polar surface area (TPSA) is 12.0 Å². The van der Waals surface area contributed by atoms with Gasteiger partial charge in [-0.2, -0.15) is 30.3 Å². The van der Waals surface area contributed by atoms with Crippen LogP contribution in [0.3, 0.4) is 0 Å². The number of hydrogen-bond acceptors (Lipinski definition) is 1. The van der Waals surface area contributed by atoms with Crippen LogP contribution in [0.1, 0.15) is 18.5 Å². The molecule has 0 fully saturated rings. The van der Waals surface area contributed by atoms with E-state index in [-0.39, 0.29) is 17.1 Å². The Bertz CT molecular complexity index is 280. The van der Waals surface area contributed by atoms with E-state index in [2.05, 4.69) is 36.5 Å². The molecular weight excluding hydrogens is 226 g/mol. The molecule has 15 heavy (non-hydrogen) atoms. The first-order valence-corrected chi connectivity index (χ1v) is 4.90. The van der Waals surface area contributed by atoms with Crippen LogP contribution in [-0.4, -0.2) is 7.05 Å². The van der Waals surface area contributed by atoms with Gasteiger partial charge in [0.05, 0.1) is 0 Å². The maximum absolute atomic E-state index is 3.17. The van der Waals surface area contributed by atoms with Crippen molar-refractivity contribution in [2.75, 3.05) is 7.05 Å². The summed E-state index contributed by atoms with van der Waals surface area (Å²) in [6, 6.07) is 18.9. The number of rotatable bonds is 2. The molecule has 0 saturated carbocycles. The molecule has 1 nitrogen and oxygen atoms in total. The predicted octanol–water partition coefficient (Wildman–Crippen LogP) is 3.09. The third kappa shape index (κ3) is 5.58. The molecule has 1 atom stereocenters. The van der Waals surface area contributed by atoms with Crippen molar-refractivity contribution in [3.8, 4) is 0 Å². The molecule has 0 aromatic heterocycles. The van der Waals surface area contributed by atoms with E-state index in [1.807, 2.05) is 37.4 Å². The Labute approximate surface area is 103 Å². The van der Waals surface area contributed by atoms with Gasteiger partial charge in [0.15, 0.2) is 0 Å². The zero-order chi connectivity index (χ0) is 10.2. The van der Waals surface area contributed by atoms with Gasteiger partial charge in [0.25, 0.3) is 0 Å². The second-order valence-electron chi connectivity index (χ2n) is 3.19. The van der Waals surface area contributed by atoms with E-state index in [9.17, 15) is 0 Å². The molecule has 0 aliphatic heterocycles. The zero-order valence-corrected chi connectivity index (χ0v) is 10.2. The van der Waals surface area contributed by atoms with Crippen molar-refractivity contribution in [2.24, 2.45) is 0 Å². The average molecular weight is 243 g/mol. The van der Waals surface area contributed by atoms with Crippen molar-refractivity contribution in [2.45, 2.75) is 13.0 Å². The van der Waals surface area contributed by atoms with Crippen LogP contribution in [0, 0.1) is 0 Å². The molecule has 0 unspecified atom stereocenters. The number of nitrogens with one attached hydrogen (secondary N) is 1. The monoisotopic (exact) mass is 243 g/mol. The van der Waals surface area contributed by atoms with Gasteiger partial charge in [0.2, 0.25) is 0 Å². The summed E-state index contributed by atoms with van der Waals surface area (Å²) in [5.41, 5.74) is 1.36. The van der Waals surface area contributed by atoms with Crippen molar-refractivity contribution in [1.29, 1.82) is 0 Å². The standard InChI is InChI=1S/C8H12N.C5H5.Fe/c1-7(9-2)8-5-3-4-6-8;1-2-4-5-3-1;/h3-7,9H,1-2H3;1-5H;/q2*-1;+2/t7-;;/m0../s1. The average Bonchev–Trinajstić information content (AvgIpc) is 2.91. The van der Waals surface area contributed by atoms with Gasteiger partial charge in [-0.3, -0.25) is 0 Å². The third-order valence-electron chi connectivity index (χ3n) is 2.18. The van der Waals surface area contributed by atoms with Crippen LogP contribution >= 0.6 is 0 Å². The van der Waals surface area contributed by atoms with E-state index in [4.69, 9.17) is 0 Å². The minimum absolute atomic E-state index is 0. The van der Waals surface area contributed by atoms with Crippen LogP contribution in [0.15, 0.2) is 54.6 Å². The SMILES string of the molecule is CN[C@@H](C)[c-]1cccc1.[Fe+2].c1cc[cH-]c1.